The average molecular weight is 348 g/mol. The third-order valence-corrected chi connectivity index (χ3v) is 5.00. The lowest BCUT2D eigenvalue weighted by molar-refractivity contribution is -0.141. The van der Waals surface area contributed by atoms with Gasteiger partial charge in [-0.2, -0.15) is 0 Å². The zero-order valence-electron chi connectivity index (χ0n) is 12.9. The fourth-order valence-electron chi connectivity index (χ4n) is 2.90. The summed E-state index contributed by atoms with van der Waals surface area (Å²) in [6.07, 6.45) is 1.95. The van der Waals surface area contributed by atoms with E-state index in [0.717, 1.165) is 11.3 Å². The van der Waals surface area contributed by atoms with Gasteiger partial charge in [-0.3, -0.25) is 9.59 Å². The van der Waals surface area contributed by atoms with Gasteiger partial charge in [-0.05, 0) is 43.5 Å². The molecule has 0 unspecified atom stereocenters. The molecule has 7 heteroatoms. The Kier molecular flexibility index (Phi) is 4.89. The van der Waals surface area contributed by atoms with Gasteiger partial charge >= 0.3 is 5.97 Å². The molecule has 1 aromatic heterocycles. The Balaban J connectivity index is 1.56. The highest BCUT2D eigenvalue weighted by molar-refractivity contribution is 7.10. The summed E-state index contributed by atoms with van der Waals surface area (Å²) in [6, 6.07) is 5.98. The second-order valence-corrected chi connectivity index (χ2v) is 6.87. The summed E-state index contributed by atoms with van der Waals surface area (Å²) in [5.74, 6) is -1.60. The van der Waals surface area contributed by atoms with E-state index in [2.05, 4.69) is 10.3 Å². The largest absolute Gasteiger partial charge is 0.481 e. The van der Waals surface area contributed by atoms with Gasteiger partial charge in [0.25, 0.3) is 0 Å². The highest BCUT2D eigenvalue weighted by Crippen LogP contribution is 2.26. The SMILES string of the molecule is O=C(Cc1nc(-c2ccc(F)cc2)cs1)N[C@H]1CC[C@@H](C(=O)O)C1. The lowest BCUT2D eigenvalue weighted by Crippen LogP contribution is -2.34. The monoisotopic (exact) mass is 348 g/mol. The van der Waals surface area contributed by atoms with Crippen molar-refractivity contribution in [3.05, 3.63) is 40.5 Å². The quantitative estimate of drug-likeness (QED) is 0.871. The van der Waals surface area contributed by atoms with E-state index in [-0.39, 0.29) is 30.1 Å². The van der Waals surface area contributed by atoms with Crippen LogP contribution in [0.15, 0.2) is 29.6 Å². The van der Waals surface area contributed by atoms with Gasteiger partial charge in [-0.1, -0.05) is 0 Å². The number of aromatic nitrogens is 1. The highest BCUT2D eigenvalue weighted by Gasteiger charge is 2.30. The van der Waals surface area contributed by atoms with Crippen molar-refractivity contribution in [2.45, 2.75) is 31.7 Å². The summed E-state index contributed by atoms with van der Waals surface area (Å²) < 4.78 is 12.9. The van der Waals surface area contributed by atoms with Gasteiger partial charge in [0, 0.05) is 17.0 Å². The number of carbonyl (C=O) groups is 2. The molecule has 1 aliphatic carbocycles. The average Bonchev–Trinajstić information content (AvgIpc) is 3.17. The maximum absolute atomic E-state index is 12.9. The normalized spacial score (nSPS) is 20.0. The molecule has 0 spiro atoms. The standard InChI is InChI=1S/C17H17FN2O3S/c18-12-4-1-10(2-5-12)14-9-24-16(20-14)8-15(21)19-13-6-3-11(7-13)17(22)23/h1-2,4-5,9,11,13H,3,6-8H2,(H,19,21)(H,22,23)/t11-,13+/m1/s1. The lowest BCUT2D eigenvalue weighted by Gasteiger charge is -2.11. The molecule has 0 aliphatic heterocycles. The Morgan fingerprint density at radius 2 is 2.04 bits per heavy atom. The molecule has 1 aliphatic rings. The van der Waals surface area contributed by atoms with Crippen LogP contribution in [0.25, 0.3) is 11.3 Å². The minimum absolute atomic E-state index is 0.0740. The maximum Gasteiger partial charge on any atom is 0.306 e. The van der Waals surface area contributed by atoms with Gasteiger partial charge in [-0.15, -0.1) is 11.3 Å². The summed E-state index contributed by atoms with van der Waals surface area (Å²) in [5, 5.41) is 14.4. The van der Waals surface area contributed by atoms with Gasteiger partial charge in [0.1, 0.15) is 10.8 Å². The van der Waals surface area contributed by atoms with Crippen LogP contribution in [0.2, 0.25) is 0 Å². The topological polar surface area (TPSA) is 79.3 Å². The van der Waals surface area contributed by atoms with Gasteiger partial charge in [0.05, 0.1) is 18.0 Å². The minimum atomic E-state index is -0.796. The molecule has 1 saturated carbocycles. The van der Waals surface area contributed by atoms with E-state index in [0.29, 0.717) is 24.3 Å². The number of hydrogen-bond acceptors (Lipinski definition) is 4. The molecule has 0 saturated heterocycles. The van der Waals surface area contributed by atoms with Crippen LogP contribution in [-0.2, 0) is 16.0 Å². The van der Waals surface area contributed by atoms with E-state index in [9.17, 15) is 14.0 Å². The molecule has 1 heterocycles. The number of hydrogen-bond donors (Lipinski definition) is 2. The number of carbonyl (C=O) groups excluding carboxylic acids is 1. The second kappa shape index (κ2) is 7.09. The fraction of sp³-hybridized carbons (Fsp3) is 0.353. The minimum Gasteiger partial charge on any atom is -0.481 e. The predicted octanol–water partition coefficient (Wildman–Crippen LogP) is 2.86. The molecule has 2 N–H and O–H groups in total. The van der Waals surface area contributed by atoms with E-state index in [4.69, 9.17) is 5.11 Å². The molecule has 0 bridgehead atoms. The van der Waals surface area contributed by atoms with Crippen molar-refractivity contribution in [3.63, 3.8) is 0 Å². The van der Waals surface area contributed by atoms with Gasteiger partial charge in [0.2, 0.25) is 5.91 Å². The van der Waals surface area contributed by atoms with Crippen molar-refractivity contribution in [2.75, 3.05) is 0 Å². The summed E-state index contributed by atoms with van der Waals surface area (Å²) >= 11 is 1.38. The van der Waals surface area contributed by atoms with Crippen molar-refractivity contribution in [2.24, 2.45) is 5.92 Å². The molecule has 1 aromatic carbocycles. The van der Waals surface area contributed by atoms with Crippen molar-refractivity contribution < 1.29 is 19.1 Å². The first-order valence-corrected chi connectivity index (χ1v) is 8.62. The molecule has 1 amide bonds. The Labute approximate surface area is 142 Å². The molecule has 2 atom stereocenters. The van der Waals surface area contributed by atoms with Gasteiger partial charge in [0.15, 0.2) is 0 Å². The number of aliphatic carboxylic acids is 1. The molecule has 3 rings (SSSR count). The van der Waals surface area contributed by atoms with Gasteiger partial charge < -0.3 is 10.4 Å². The number of nitrogens with one attached hydrogen (secondary N) is 1. The number of nitrogens with zero attached hydrogens (tertiary/aromatic N) is 1. The summed E-state index contributed by atoms with van der Waals surface area (Å²) in [5.41, 5.74) is 1.52. The summed E-state index contributed by atoms with van der Waals surface area (Å²) in [6.45, 7) is 0. The summed E-state index contributed by atoms with van der Waals surface area (Å²) in [4.78, 5) is 27.4. The van der Waals surface area contributed by atoms with Crippen LogP contribution in [0, 0.1) is 11.7 Å². The van der Waals surface area contributed by atoms with Crippen LogP contribution >= 0.6 is 11.3 Å². The van der Waals surface area contributed by atoms with Crippen molar-refractivity contribution in [3.8, 4) is 11.3 Å². The Morgan fingerprint density at radius 1 is 1.29 bits per heavy atom. The number of benzene rings is 1. The Morgan fingerprint density at radius 3 is 2.71 bits per heavy atom. The van der Waals surface area contributed by atoms with Crippen LogP contribution in [0.3, 0.4) is 0 Å². The van der Waals surface area contributed by atoms with E-state index in [1.807, 2.05) is 5.38 Å². The lowest BCUT2D eigenvalue weighted by atomic mass is 10.1. The number of rotatable bonds is 5. The smallest absolute Gasteiger partial charge is 0.306 e. The maximum atomic E-state index is 12.9. The molecule has 24 heavy (non-hydrogen) atoms. The first-order valence-electron chi connectivity index (χ1n) is 7.74. The van der Waals surface area contributed by atoms with Gasteiger partial charge in [-0.25, -0.2) is 9.37 Å². The van der Waals surface area contributed by atoms with Crippen molar-refractivity contribution in [1.29, 1.82) is 0 Å². The number of halogens is 1. The molecular weight excluding hydrogens is 331 g/mol. The second-order valence-electron chi connectivity index (χ2n) is 5.92. The van der Waals surface area contributed by atoms with Crippen LogP contribution in [0.4, 0.5) is 4.39 Å². The molecule has 1 fully saturated rings. The number of carboxylic acid groups (broad SMARTS) is 1. The molecule has 2 aromatic rings. The first kappa shape index (κ1) is 16.6. The third-order valence-electron chi connectivity index (χ3n) is 4.15. The van der Waals surface area contributed by atoms with Crippen LogP contribution in [0.5, 0.6) is 0 Å². The zero-order chi connectivity index (χ0) is 17.1. The molecule has 126 valence electrons. The highest BCUT2D eigenvalue weighted by atomic mass is 32.1. The third kappa shape index (κ3) is 3.97. The molecule has 5 nitrogen and oxygen atoms in total. The first-order chi connectivity index (χ1) is 11.5. The van der Waals surface area contributed by atoms with Crippen molar-refractivity contribution >= 4 is 23.2 Å². The molecular formula is C17H17FN2O3S. The van der Waals surface area contributed by atoms with Crippen LogP contribution in [0.1, 0.15) is 24.3 Å². The molecule has 0 radical (unpaired) electrons. The van der Waals surface area contributed by atoms with Crippen LogP contribution < -0.4 is 5.32 Å². The number of amides is 1. The fourth-order valence-corrected chi connectivity index (χ4v) is 3.70. The number of carboxylic acids is 1. The van der Waals surface area contributed by atoms with E-state index in [1.165, 1.54) is 23.5 Å². The Bertz CT molecular complexity index is 745. The van der Waals surface area contributed by atoms with Crippen LogP contribution in [-0.4, -0.2) is 28.0 Å². The van der Waals surface area contributed by atoms with Crippen molar-refractivity contribution in [1.82, 2.24) is 10.3 Å². The van der Waals surface area contributed by atoms with E-state index < -0.39 is 5.97 Å². The predicted molar refractivity (Wildman–Crippen MR) is 88.1 cm³/mol. The zero-order valence-corrected chi connectivity index (χ0v) is 13.7. The van der Waals surface area contributed by atoms with E-state index in [1.54, 1.807) is 12.1 Å². The Hall–Kier alpha value is -2.28. The number of thiazole rings is 1. The van der Waals surface area contributed by atoms with E-state index >= 15 is 0 Å². The summed E-state index contributed by atoms with van der Waals surface area (Å²) in [7, 11) is 0.